The van der Waals surface area contributed by atoms with E-state index < -0.39 is 34.7 Å². The molecule has 3 aliphatic rings. The zero-order valence-electron chi connectivity index (χ0n) is 22.5. The molecule has 3 atom stereocenters. The Hall–Kier alpha value is -3.17. The van der Waals surface area contributed by atoms with Crippen molar-refractivity contribution >= 4 is 17.6 Å². The largest absolute Gasteiger partial charge is 0.481 e. The highest BCUT2D eigenvalue weighted by Gasteiger charge is 2.57. The molecule has 1 saturated carbocycles. The number of alkyl halides is 4. The fourth-order valence-corrected chi connectivity index (χ4v) is 6.96. The van der Waals surface area contributed by atoms with E-state index in [4.69, 9.17) is 0 Å². The molecule has 1 N–H and O–H groups in total. The number of halogens is 5. The number of carboxylic acids is 1. The predicted octanol–water partition coefficient (Wildman–Crippen LogP) is 5.99. The van der Waals surface area contributed by atoms with Crippen LogP contribution in [-0.2, 0) is 27.1 Å². The van der Waals surface area contributed by atoms with Crippen molar-refractivity contribution in [3.05, 3.63) is 65.0 Å². The maximum atomic E-state index is 15.0. The lowest BCUT2D eigenvalue weighted by atomic mass is 9.66. The van der Waals surface area contributed by atoms with Crippen molar-refractivity contribution in [1.29, 1.82) is 0 Å². The molecule has 0 radical (unpaired) electrons. The fraction of sp³-hybridized carbons (Fsp3) is 0.533. The van der Waals surface area contributed by atoms with Gasteiger partial charge in [0.1, 0.15) is 5.82 Å². The normalized spacial score (nSPS) is 28.0. The number of benzene rings is 2. The van der Waals surface area contributed by atoms with Crippen LogP contribution in [0.3, 0.4) is 0 Å². The average Bonchev–Trinajstić information content (AvgIpc) is 3.27. The zero-order valence-corrected chi connectivity index (χ0v) is 22.5. The van der Waals surface area contributed by atoms with Gasteiger partial charge in [0.05, 0.1) is 12.0 Å². The van der Waals surface area contributed by atoms with Crippen LogP contribution in [0, 0.1) is 17.7 Å². The summed E-state index contributed by atoms with van der Waals surface area (Å²) in [6.45, 7) is 1.29. The second kappa shape index (κ2) is 10.0. The van der Waals surface area contributed by atoms with Gasteiger partial charge in [-0.15, -0.1) is 0 Å². The SMILES string of the molecule is CN1CC2N(C(=O)[C@H]3CC[C@H](C(=O)O)CC3)CCC2(Cc2ccc(F)cc2)c2ccc(C(C)(F)C(F)(F)F)cc21. The molecule has 2 aliphatic heterocycles. The minimum atomic E-state index is -5.08. The Morgan fingerprint density at radius 1 is 1.00 bits per heavy atom. The molecule has 0 bridgehead atoms. The van der Waals surface area contributed by atoms with Crippen molar-refractivity contribution in [3.63, 3.8) is 0 Å². The Kier molecular flexibility index (Phi) is 7.11. The number of likely N-dealkylation sites (N-methyl/N-ethyl adjacent to an activating group) is 1. The topological polar surface area (TPSA) is 60.9 Å². The smallest absolute Gasteiger partial charge is 0.426 e. The fourth-order valence-electron chi connectivity index (χ4n) is 6.96. The van der Waals surface area contributed by atoms with E-state index in [1.807, 2.05) is 4.90 Å². The Bertz CT molecular complexity index is 1290. The first kappa shape index (κ1) is 28.4. The lowest BCUT2D eigenvalue weighted by Gasteiger charge is -2.48. The number of nitrogens with zero attached hydrogens (tertiary/aromatic N) is 2. The number of anilines is 1. The molecular formula is C30H33F5N2O3. The third-order valence-electron chi connectivity index (χ3n) is 9.42. The molecule has 10 heteroatoms. The number of hydrogen-bond acceptors (Lipinski definition) is 3. The van der Waals surface area contributed by atoms with E-state index in [1.165, 1.54) is 24.3 Å². The number of likely N-dealkylation sites (tertiary alicyclic amines) is 1. The third kappa shape index (κ3) is 4.73. The number of rotatable bonds is 5. The molecular weight excluding hydrogens is 531 g/mol. The molecule has 3 unspecified atom stereocenters. The molecule has 5 nitrogen and oxygen atoms in total. The molecule has 0 aromatic heterocycles. The Labute approximate surface area is 230 Å². The maximum absolute atomic E-state index is 15.0. The monoisotopic (exact) mass is 564 g/mol. The van der Waals surface area contributed by atoms with E-state index in [1.54, 1.807) is 30.1 Å². The first-order chi connectivity index (χ1) is 18.7. The molecule has 40 heavy (non-hydrogen) atoms. The summed E-state index contributed by atoms with van der Waals surface area (Å²) < 4.78 is 69.3. The summed E-state index contributed by atoms with van der Waals surface area (Å²) in [4.78, 5) is 28.9. The van der Waals surface area contributed by atoms with Gasteiger partial charge in [0, 0.05) is 42.7 Å². The van der Waals surface area contributed by atoms with E-state index in [-0.39, 0.29) is 23.7 Å². The molecule has 1 aliphatic carbocycles. The molecule has 2 heterocycles. The van der Waals surface area contributed by atoms with Gasteiger partial charge < -0.3 is 14.9 Å². The van der Waals surface area contributed by atoms with Gasteiger partial charge in [-0.2, -0.15) is 13.2 Å². The van der Waals surface area contributed by atoms with Crippen LogP contribution in [0.4, 0.5) is 27.6 Å². The van der Waals surface area contributed by atoms with Crippen molar-refractivity contribution in [1.82, 2.24) is 4.90 Å². The molecule has 2 aromatic rings. The maximum Gasteiger partial charge on any atom is 0.426 e. The van der Waals surface area contributed by atoms with Crippen molar-refractivity contribution in [2.45, 2.75) is 68.8 Å². The quantitative estimate of drug-likeness (QED) is 0.453. The van der Waals surface area contributed by atoms with Gasteiger partial charge in [0.25, 0.3) is 0 Å². The summed E-state index contributed by atoms with van der Waals surface area (Å²) in [6, 6.07) is 9.76. The molecule has 1 amide bonds. The average molecular weight is 565 g/mol. The lowest BCUT2D eigenvalue weighted by Crippen LogP contribution is -2.56. The highest BCUT2D eigenvalue weighted by atomic mass is 19.4. The van der Waals surface area contributed by atoms with E-state index in [0.29, 0.717) is 64.2 Å². The number of amides is 1. The second-order valence-electron chi connectivity index (χ2n) is 11.8. The molecule has 2 aromatic carbocycles. The van der Waals surface area contributed by atoms with Gasteiger partial charge in [-0.3, -0.25) is 9.59 Å². The van der Waals surface area contributed by atoms with Crippen LogP contribution in [-0.4, -0.2) is 54.2 Å². The van der Waals surface area contributed by atoms with E-state index >= 15 is 0 Å². The Morgan fingerprint density at radius 3 is 2.23 bits per heavy atom. The van der Waals surface area contributed by atoms with Crippen LogP contribution < -0.4 is 4.90 Å². The first-order valence-electron chi connectivity index (χ1n) is 13.6. The number of carbonyl (C=O) groups is 2. The highest BCUT2D eigenvalue weighted by molar-refractivity contribution is 5.81. The Balaban J connectivity index is 1.53. The van der Waals surface area contributed by atoms with E-state index in [9.17, 15) is 36.6 Å². The summed E-state index contributed by atoms with van der Waals surface area (Å²) in [5.74, 6) is -1.99. The van der Waals surface area contributed by atoms with Crippen LogP contribution >= 0.6 is 0 Å². The van der Waals surface area contributed by atoms with E-state index in [2.05, 4.69) is 0 Å². The number of aliphatic carboxylic acids is 1. The molecule has 216 valence electrons. The van der Waals surface area contributed by atoms with Gasteiger partial charge >= 0.3 is 12.1 Å². The van der Waals surface area contributed by atoms with Crippen molar-refractivity contribution in [2.75, 3.05) is 25.0 Å². The van der Waals surface area contributed by atoms with Crippen LogP contribution in [0.15, 0.2) is 42.5 Å². The summed E-state index contributed by atoms with van der Waals surface area (Å²) in [6.07, 6.45) is -2.25. The van der Waals surface area contributed by atoms with Gasteiger partial charge in [0.15, 0.2) is 0 Å². The number of hydrogen-bond donors (Lipinski definition) is 1. The first-order valence-corrected chi connectivity index (χ1v) is 13.6. The minimum Gasteiger partial charge on any atom is -0.481 e. The van der Waals surface area contributed by atoms with Crippen molar-refractivity contribution in [2.24, 2.45) is 11.8 Å². The summed E-state index contributed by atoms with van der Waals surface area (Å²) in [5.41, 5.74) is -2.63. The second-order valence-corrected chi connectivity index (χ2v) is 11.8. The summed E-state index contributed by atoms with van der Waals surface area (Å²) in [7, 11) is 1.73. The van der Waals surface area contributed by atoms with Gasteiger partial charge in [-0.1, -0.05) is 24.3 Å². The Morgan fingerprint density at radius 2 is 1.62 bits per heavy atom. The van der Waals surface area contributed by atoms with Crippen LogP contribution in [0.2, 0.25) is 0 Å². The summed E-state index contributed by atoms with van der Waals surface area (Å²) >= 11 is 0. The van der Waals surface area contributed by atoms with E-state index in [0.717, 1.165) is 11.1 Å². The predicted molar refractivity (Wildman–Crippen MR) is 139 cm³/mol. The standard InChI is InChI=1S/C30H33F5N2O3/c1-28(32,30(33,34)35)21-9-12-23-24(15-21)36(2)17-25-29(23,16-18-3-10-22(31)11-4-18)13-14-37(25)26(38)19-5-7-20(8-6-19)27(39)40/h3-4,9-12,15,19-20,25H,5-8,13-14,16-17H2,1-2H3,(H,39,40)/t19-,20-,25?,28?,29?. The lowest BCUT2D eigenvalue weighted by molar-refractivity contribution is -0.228. The van der Waals surface area contributed by atoms with Gasteiger partial charge in [-0.25, -0.2) is 8.78 Å². The van der Waals surface area contributed by atoms with Crippen LogP contribution in [0.5, 0.6) is 0 Å². The molecule has 0 spiro atoms. The highest BCUT2D eigenvalue weighted by Crippen LogP contribution is 2.52. The number of carboxylic acid groups (broad SMARTS) is 1. The number of fused-ring (bicyclic) bond motifs is 3. The molecule has 5 rings (SSSR count). The van der Waals surface area contributed by atoms with Gasteiger partial charge in [-0.05, 0) is 74.8 Å². The third-order valence-corrected chi connectivity index (χ3v) is 9.42. The van der Waals surface area contributed by atoms with Crippen LogP contribution in [0.1, 0.15) is 55.7 Å². The van der Waals surface area contributed by atoms with Gasteiger partial charge in [0.2, 0.25) is 11.6 Å². The zero-order chi connectivity index (χ0) is 29.0. The number of carbonyl (C=O) groups excluding carboxylic acids is 1. The molecule has 1 saturated heterocycles. The van der Waals surface area contributed by atoms with Crippen molar-refractivity contribution < 1.29 is 36.6 Å². The van der Waals surface area contributed by atoms with Crippen molar-refractivity contribution in [3.8, 4) is 0 Å². The minimum absolute atomic E-state index is 0.0308. The molecule has 2 fully saturated rings. The summed E-state index contributed by atoms with van der Waals surface area (Å²) in [5, 5.41) is 9.35. The van der Waals surface area contributed by atoms with Crippen LogP contribution in [0.25, 0.3) is 0 Å².